The minimum Gasteiger partial charge on any atom is -0.333 e. The zero-order valence-electron chi connectivity index (χ0n) is 14.6. The molecule has 0 aromatic carbocycles. The van der Waals surface area contributed by atoms with Crippen LogP contribution in [0.4, 0.5) is 4.79 Å². The van der Waals surface area contributed by atoms with Gasteiger partial charge in [0.15, 0.2) is 0 Å². The van der Waals surface area contributed by atoms with Crippen LogP contribution in [0.15, 0.2) is 5.51 Å². The second kappa shape index (κ2) is 7.34. The van der Waals surface area contributed by atoms with Gasteiger partial charge >= 0.3 is 6.03 Å². The summed E-state index contributed by atoms with van der Waals surface area (Å²) in [6, 6.07) is 0.114. The van der Waals surface area contributed by atoms with Gasteiger partial charge < -0.3 is 10.2 Å². The summed E-state index contributed by atoms with van der Waals surface area (Å²) in [7, 11) is 0. The summed E-state index contributed by atoms with van der Waals surface area (Å²) in [5.74, 6) is 0. The molecule has 24 heavy (non-hydrogen) atoms. The van der Waals surface area contributed by atoms with E-state index in [2.05, 4.69) is 20.5 Å². The Labute approximate surface area is 146 Å². The number of hydrogen-bond acceptors (Lipinski definition) is 4. The van der Waals surface area contributed by atoms with Crippen LogP contribution in [-0.2, 0) is 6.54 Å². The smallest absolute Gasteiger partial charge is 0.318 e. The SMILES string of the molecule is Cc1ncsc1CNC(=O)N1CCCCCC1c1c(C)n[nH]c1C. The van der Waals surface area contributed by atoms with Crippen molar-refractivity contribution < 1.29 is 4.79 Å². The maximum Gasteiger partial charge on any atom is 0.318 e. The van der Waals surface area contributed by atoms with Crippen LogP contribution in [-0.4, -0.2) is 32.7 Å². The van der Waals surface area contributed by atoms with Gasteiger partial charge in [0.2, 0.25) is 0 Å². The summed E-state index contributed by atoms with van der Waals surface area (Å²) >= 11 is 1.59. The van der Waals surface area contributed by atoms with E-state index in [1.54, 1.807) is 11.3 Å². The molecule has 0 saturated carbocycles. The summed E-state index contributed by atoms with van der Waals surface area (Å²) in [6.07, 6.45) is 4.37. The van der Waals surface area contributed by atoms with Crippen molar-refractivity contribution in [1.29, 1.82) is 0 Å². The number of carbonyl (C=O) groups excluding carboxylic acids is 1. The molecule has 0 bridgehead atoms. The second-order valence-corrected chi connectivity index (χ2v) is 7.37. The molecule has 1 unspecified atom stereocenters. The van der Waals surface area contributed by atoms with Gasteiger partial charge in [0.05, 0.1) is 29.5 Å². The first-order valence-corrected chi connectivity index (χ1v) is 9.40. The highest BCUT2D eigenvalue weighted by molar-refractivity contribution is 7.09. The van der Waals surface area contributed by atoms with E-state index >= 15 is 0 Å². The number of rotatable bonds is 3. The van der Waals surface area contributed by atoms with Gasteiger partial charge in [-0.15, -0.1) is 11.3 Å². The lowest BCUT2D eigenvalue weighted by atomic mass is 9.99. The van der Waals surface area contributed by atoms with Gasteiger partial charge in [-0.1, -0.05) is 12.8 Å². The monoisotopic (exact) mass is 347 g/mol. The van der Waals surface area contributed by atoms with E-state index in [0.29, 0.717) is 6.54 Å². The summed E-state index contributed by atoms with van der Waals surface area (Å²) in [5, 5.41) is 10.5. The molecule has 2 aromatic heterocycles. The van der Waals surface area contributed by atoms with Crippen molar-refractivity contribution in [2.24, 2.45) is 0 Å². The molecule has 0 radical (unpaired) electrons. The van der Waals surface area contributed by atoms with Gasteiger partial charge in [-0.3, -0.25) is 5.10 Å². The molecule has 1 fully saturated rings. The molecule has 6 nitrogen and oxygen atoms in total. The lowest BCUT2D eigenvalue weighted by Gasteiger charge is -2.30. The third-order valence-corrected chi connectivity index (χ3v) is 5.71. The van der Waals surface area contributed by atoms with Gasteiger partial charge in [0, 0.05) is 22.7 Å². The van der Waals surface area contributed by atoms with Crippen LogP contribution in [0.2, 0.25) is 0 Å². The molecule has 2 amide bonds. The highest BCUT2D eigenvalue weighted by atomic mass is 32.1. The van der Waals surface area contributed by atoms with E-state index in [1.165, 1.54) is 12.0 Å². The van der Waals surface area contributed by atoms with Gasteiger partial charge in [-0.25, -0.2) is 9.78 Å². The van der Waals surface area contributed by atoms with Crippen LogP contribution in [0, 0.1) is 20.8 Å². The molecule has 0 aliphatic carbocycles. The fraction of sp³-hybridized carbons (Fsp3) is 0.588. The van der Waals surface area contributed by atoms with E-state index < -0.39 is 0 Å². The zero-order chi connectivity index (χ0) is 17.1. The quantitative estimate of drug-likeness (QED) is 0.890. The Hall–Kier alpha value is -1.89. The van der Waals surface area contributed by atoms with Crippen LogP contribution >= 0.6 is 11.3 Å². The first-order chi connectivity index (χ1) is 11.6. The van der Waals surface area contributed by atoms with Gasteiger partial charge in [0.1, 0.15) is 0 Å². The molecule has 2 N–H and O–H groups in total. The van der Waals surface area contributed by atoms with Crippen molar-refractivity contribution in [2.75, 3.05) is 6.54 Å². The van der Waals surface area contributed by atoms with Gasteiger partial charge in [-0.2, -0.15) is 5.10 Å². The summed E-state index contributed by atoms with van der Waals surface area (Å²) in [4.78, 5) is 20.2. The van der Waals surface area contributed by atoms with Crippen LogP contribution in [0.1, 0.15) is 59.2 Å². The highest BCUT2D eigenvalue weighted by Crippen LogP contribution is 2.33. The normalized spacial score (nSPS) is 18.5. The largest absolute Gasteiger partial charge is 0.333 e. The van der Waals surface area contributed by atoms with E-state index in [9.17, 15) is 4.79 Å². The number of aromatic nitrogens is 3. The number of thiazole rings is 1. The fourth-order valence-electron chi connectivity index (χ4n) is 3.46. The number of hydrogen-bond donors (Lipinski definition) is 2. The number of aryl methyl sites for hydroxylation is 3. The van der Waals surface area contributed by atoms with Crippen LogP contribution < -0.4 is 5.32 Å². The lowest BCUT2D eigenvalue weighted by Crippen LogP contribution is -2.42. The number of H-pyrrole nitrogens is 1. The van der Waals surface area contributed by atoms with Gasteiger partial charge in [-0.05, 0) is 33.6 Å². The summed E-state index contributed by atoms with van der Waals surface area (Å²) in [6.45, 7) is 7.37. The Morgan fingerprint density at radius 3 is 2.83 bits per heavy atom. The molecule has 1 aliphatic rings. The number of nitrogens with zero attached hydrogens (tertiary/aromatic N) is 3. The Kier molecular flexibility index (Phi) is 5.18. The topological polar surface area (TPSA) is 73.9 Å². The first kappa shape index (κ1) is 17.0. The van der Waals surface area contributed by atoms with E-state index in [4.69, 9.17) is 0 Å². The first-order valence-electron chi connectivity index (χ1n) is 8.53. The molecular weight excluding hydrogens is 322 g/mol. The van der Waals surface area contributed by atoms with Crippen LogP contribution in [0.5, 0.6) is 0 Å². The molecule has 1 aliphatic heterocycles. The van der Waals surface area contributed by atoms with Crippen molar-refractivity contribution in [2.45, 2.75) is 59.0 Å². The van der Waals surface area contributed by atoms with Crippen molar-refractivity contribution in [3.8, 4) is 0 Å². The number of aromatic amines is 1. The van der Waals surface area contributed by atoms with Crippen LogP contribution in [0.25, 0.3) is 0 Å². The predicted molar refractivity (Wildman–Crippen MR) is 95.1 cm³/mol. The maximum atomic E-state index is 12.9. The molecule has 0 spiro atoms. The van der Waals surface area contributed by atoms with Crippen molar-refractivity contribution in [1.82, 2.24) is 25.4 Å². The van der Waals surface area contributed by atoms with Crippen molar-refractivity contribution in [3.63, 3.8) is 0 Å². The van der Waals surface area contributed by atoms with Gasteiger partial charge in [0.25, 0.3) is 0 Å². The van der Waals surface area contributed by atoms with Crippen molar-refractivity contribution in [3.05, 3.63) is 33.0 Å². The fourth-order valence-corrected chi connectivity index (χ4v) is 4.17. The standard InChI is InChI=1S/C17H25N5OS/c1-11-15(24-10-19-11)9-18-17(23)22-8-6-4-5-7-14(22)16-12(2)20-21-13(16)3/h10,14H,4-9H2,1-3H3,(H,18,23)(H,20,21). The number of nitrogens with one attached hydrogen (secondary N) is 2. The average molecular weight is 347 g/mol. The Bertz CT molecular complexity index is 688. The second-order valence-electron chi connectivity index (χ2n) is 6.43. The molecule has 7 heteroatoms. The minimum absolute atomic E-state index is 0.00898. The Morgan fingerprint density at radius 2 is 2.17 bits per heavy atom. The molecular formula is C17H25N5OS. The average Bonchev–Trinajstić information content (AvgIpc) is 3.02. The Balaban J connectivity index is 1.77. The highest BCUT2D eigenvalue weighted by Gasteiger charge is 2.30. The summed E-state index contributed by atoms with van der Waals surface area (Å²) in [5.41, 5.74) is 6.06. The number of carbonyl (C=O) groups is 1. The maximum absolute atomic E-state index is 12.9. The third kappa shape index (κ3) is 3.45. The molecule has 130 valence electrons. The molecule has 1 atom stereocenters. The number of amides is 2. The predicted octanol–water partition coefficient (Wildman–Crippen LogP) is 3.62. The molecule has 3 rings (SSSR count). The lowest BCUT2D eigenvalue weighted by molar-refractivity contribution is 0.175. The van der Waals surface area contributed by atoms with E-state index in [0.717, 1.165) is 47.8 Å². The third-order valence-electron chi connectivity index (χ3n) is 4.78. The number of likely N-dealkylation sites (tertiary alicyclic amines) is 1. The molecule has 1 saturated heterocycles. The zero-order valence-corrected chi connectivity index (χ0v) is 15.4. The minimum atomic E-state index is 0.00898. The summed E-state index contributed by atoms with van der Waals surface area (Å²) < 4.78 is 0. The van der Waals surface area contributed by atoms with E-state index in [-0.39, 0.29) is 12.1 Å². The Morgan fingerprint density at radius 1 is 1.33 bits per heavy atom. The van der Waals surface area contributed by atoms with Crippen molar-refractivity contribution >= 4 is 17.4 Å². The molecule has 3 heterocycles. The van der Waals surface area contributed by atoms with Crippen LogP contribution in [0.3, 0.4) is 0 Å². The molecule has 2 aromatic rings. The van der Waals surface area contributed by atoms with E-state index in [1.807, 2.05) is 31.2 Å². The number of urea groups is 1.